The molecule has 1 aromatic heterocycles. The Hall–Kier alpha value is -4.71. The standard InChI is InChI=1S/C27H32N6O6/c1-16(24(35)33-23(27(38)39)12-17-5-3-2-4-6-17)31-26(37)22(13-19-14-29-15-30-19)32-25(36)21(28)11-18-7-9-20(34)10-8-18/h2-10,14-16,21-23,34H,11-13,28H2,1H3,(H,29,30)(H,31,37)(H,32,36)(H,33,35)(H,38,39). The number of benzene rings is 2. The van der Waals surface area contributed by atoms with Crippen molar-refractivity contribution >= 4 is 23.7 Å². The lowest BCUT2D eigenvalue weighted by Crippen LogP contribution is -2.57. The number of nitrogens with zero attached hydrogens (tertiary/aromatic N) is 1. The number of aromatic amines is 1. The number of imidazole rings is 1. The minimum Gasteiger partial charge on any atom is -0.508 e. The molecule has 4 atom stereocenters. The van der Waals surface area contributed by atoms with Crippen LogP contribution in [0.4, 0.5) is 0 Å². The van der Waals surface area contributed by atoms with Crippen molar-refractivity contribution in [1.29, 1.82) is 0 Å². The van der Waals surface area contributed by atoms with Crippen molar-refractivity contribution in [2.75, 3.05) is 0 Å². The van der Waals surface area contributed by atoms with Gasteiger partial charge in [-0.05, 0) is 36.6 Å². The van der Waals surface area contributed by atoms with E-state index in [2.05, 4.69) is 25.9 Å². The van der Waals surface area contributed by atoms with Gasteiger partial charge in [0.2, 0.25) is 17.7 Å². The summed E-state index contributed by atoms with van der Waals surface area (Å²) in [6.07, 6.45) is 3.21. The highest BCUT2D eigenvalue weighted by Crippen LogP contribution is 2.11. The van der Waals surface area contributed by atoms with Crippen LogP contribution in [-0.2, 0) is 38.4 Å². The first-order chi connectivity index (χ1) is 18.6. The van der Waals surface area contributed by atoms with E-state index in [1.165, 1.54) is 31.6 Å². The molecule has 39 heavy (non-hydrogen) atoms. The Labute approximate surface area is 225 Å². The molecular formula is C27H32N6O6. The summed E-state index contributed by atoms with van der Waals surface area (Å²) in [6.45, 7) is 1.42. The predicted octanol–water partition coefficient (Wildman–Crippen LogP) is 0.0294. The molecule has 4 unspecified atom stereocenters. The number of hydrogen-bond acceptors (Lipinski definition) is 7. The summed E-state index contributed by atoms with van der Waals surface area (Å²) >= 11 is 0. The van der Waals surface area contributed by atoms with Gasteiger partial charge in [0.25, 0.3) is 0 Å². The molecule has 12 nitrogen and oxygen atoms in total. The van der Waals surface area contributed by atoms with Gasteiger partial charge >= 0.3 is 5.97 Å². The van der Waals surface area contributed by atoms with Crippen molar-refractivity contribution in [2.24, 2.45) is 5.73 Å². The van der Waals surface area contributed by atoms with E-state index in [-0.39, 0.29) is 25.0 Å². The summed E-state index contributed by atoms with van der Waals surface area (Å²) < 4.78 is 0. The van der Waals surface area contributed by atoms with Gasteiger partial charge in [0.15, 0.2) is 0 Å². The van der Waals surface area contributed by atoms with Crippen LogP contribution in [-0.4, -0.2) is 68.0 Å². The van der Waals surface area contributed by atoms with Gasteiger partial charge in [-0.3, -0.25) is 14.4 Å². The number of carbonyl (C=O) groups is 4. The summed E-state index contributed by atoms with van der Waals surface area (Å²) in [7, 11) is 0. The van der Waals surface area contributed by atoms with Crippen LogP contribution in [0.5, 0.6) is 5.75 Å². The highest BCUT2D eigenvalue weighted by Gasteiger charge is 2.29. The van der Waals surface area contributed by atoms with Gasteiger partial charge < -0.3 is 36.9 Å². The van der Waals surface area contributed by atoms with Crippen LogP contribution in [0.15, 0.2) is 67.1 Å². The largest absolute Gasteiger partial charge is 0.508 e. The summed E-state index contributed by atoms with van der Waals surface area (Å²) in [5.41, 5.74) is 8.07. The topological polar surface area (TPSA) is 200 Å². The molecule has 0 saturated heterocycles. The average Bonchev–Trinajstić information content (AvgIpc) is 3.42. The van der Waals surface area contributed by atoms with Gasteiger partial charge in [0.05, 0.1) is 12.4 Å². The molecule has 0 aliphatic carbocycles. The molecule has 206 valence electrons. The van der Waals surface area contributed by atoms with Crippen LogP contribution >= 0.6 is 0 Å². The molecule has 2 aromatic carbocycles. The number of carboxylic acids is 1. The Bertz CT molecular complexity index is 1250. The normalized spacial score (nSPS) is 13.9. The van der Waals surface area contributed by atoms with Crippen molar-refractivity contribution in [1.82, 2.24) is 25.9 Å². The van der Waals surface area contributed by atoms with Gasteiger partial charge in [-0.1, -0.05) is 42.5 Å². The number of nitrogens with two attached hydrogens (primary N) is 1. The summed E-state index contributed by atoms with van der Waals surface area (Å²) in [6, 6.07) is 10.7. The third kappa shape index (κ3) is 8.97. The van der Waals surface area contributed by atoms with Crippen LogP contribution in [0.1, 0.15) is 23.7 Å². The van der Waals surface area contributed by atoms with E-state index in [1.807, 2.05) is 0 Å². The number of phenols is 1. The number of aromatic hydroxyl groups is 1. The number of aromatic nitrogens is 2. The molecular weight excluding hydrogens is 504 g/mol. The number of amides is 3. The molecule has 0 aliphatic heterocycles. The quantitative estimate of drug-likeness (QED) is 0.159. The minimum atomic E-state index is -1.21. The van der Waals surface area contributed by atoms with Crippen LogP contribution < -0.4 is 21.7 Å². The van der Waals surface area contributed by atoms with Crippen molar-refractivity contribution in [3.05, 3.63) is 83.9 Å². The minimum absolute atomic E-state index is 0.0452. The number of nitrogens with one attached hydrogen (secondary N) is 4. The fourth-order valence-corrected chi connectivity index (χ4v) is 3.81. The molecule has 0 bridgehead atoms. The molecule has 3 amide bonds. The highest BCUT2D eigenvalue weighted by molar-refractivity contribution is 5.94. The number of hydrogen-bond donors (Lipinski definition) is 7. The number of carbonyl (C=O) groups excluding carboxylic acids is 3. The van der Waals surface area contributed by atoms with Crippen LogP contribution in [0.25, 0.3) is 0 Å². The van der Waals surface area contributed by atoms with Gasteiger partial charge in [-0.15, -0.1) is 0 Å². The zero-order valence-electron chi connectivity index (χ0n) is 21.3. The Kier molecular flexibility index (Phi) is 10.2. The van der Waals surface area contributed by atoms with E-state index < -0.39 is 47.9 Å². The highest BCUT2D eigenvalue weighted by atomic mass is 16.4. The first kappa shape index (κ1) is 28.9. The number of rotatable bonds is 13. The first-order valence-electron chi connectivity index (χ1n) is 12.3. The summed E-state index contributed by atoms with van der Waals surface area (Å²) in [5, 5.41) is 26.6. The maximum Gasteiger partial charge on any atom is 0.326 e. The van der Waals surface area contributed by atoms with E-state index in [0.29, 0.717) is 5.69 Å². The lowest BCUT2D eigenvalue weighted by atomic mass is 10.0. The average molecular weight is 537 g/mol. The monoisotopic (exact) mass is 536 g/mol. The zero-order chi connectivity index (χ0) is 28.4. The molecule has 3 rings (SSSR count). The van der Waals surface area contributed by atoms with E-state index in [9.17, 15) is 29.4 Å². The molecule has 3 aromatic rings. The predicted molar refractivity (Wildman–Crippen MR) is 141 cm³/mol. The second kappa shape index (κ2) is 13.7. The maximum atomic E-state index is 13.1. The smallest absolute Gasteiger partial charge is 0.326 e. The number of H-pyrrole nitrogens is 1. The van der Waals surface area contributed by atoms with Crippen molar-refractivity contribution in [2.45, 2.75) is 50.4 Å². The maximum absolute atomic E-state index is 13.1. The zero-order valence-corrected chi connectivity index (χ0v) is 21.3. The molecule has 0 radical (unpaired) electrons. The molecule has 0 aliphatic rings. The van der Waals surface area contributed by atoms with Crippen LogP contribution in [0, 0.1) is 0 Å². The first-order valence-corrected chi connectivity index (χ1v) is 12.3. The van der Waals surface area contributed by atoms with Gasteiger partial charge in [0.1, 0.15) is 23.9 Å². The summed E-state index contributed by atoms with van der Waals surface area (Å²) in [5.74, 6) is -3.07. The van der Waals surface area contributed by atoms with E-state index in [4.69, 9.17) is 5.73 Å². The van der Waals surface area contributed by atoms with Crippen molar-refractivity contribution in [3.8, 4) is 5.75 Å². The number of phenolic OH excluding ortho intramolecular Hbond substituents is 1. The Morgan fingerprint density at radius 3 is 2.10 bits per heavy atom. The lowest BCUT2D eigenvalue weighted by molar-refractivity contribution is -0.142. The van der Waals surface area contributed by atoms with Gasteiger partial charge in [0, 0.05) is 24.7 Å². The number of aliphatic carboxylic acids is 1. The molecule has 12 heteroatoms. The van der Waals surface area contributed by atoms with E-state index >= 15 is 0 Å². The fourth-order valence-electron chi connectivity index (χ4n) is 3.81. The van der Waals surface area contributed by atoms with E-state index in [0.717, 1.165) is 11.1 Å². The molecule has 8 N–H and O–H groups in total. The van der Waals surface area contributed by atoms with Crippen LogP contribution in [0.2, 0.25) is 0 Å². The SMILES string of the molecule is CC(NC(=O)C(Cc1cnc[nH]1)NC(=O)C(N)Cc1ccc(O)cc1)C(=O)NC(Cc1ccccc1)C(=O)O. The van der Waals surface area contributed by atoms with Crippen molar-refractivity contribution in [3.63, 3.8) is 0 Å². The molecule has 0 spiro atoms. The molecule has 1 heterocycles. The van der Waals surface area contributed by atoms with E-state index in [1.54, 1.807) is 42.5 Å². The van der Waals surface area contributed by atoms with Gasteiger partial charge in [-0.2, -0.15) is 0 Å². The second-order valence-corrected chi connectivity index (χ2v) is 9.14. The fraction of sp³-hybridized carbons (Fsp3) is 0.296. The van der Waals surface area contributed by atoms with Gasteiger partial charge in [-0.25, -0.2) is 9.78 Å². The Morgan fingerprint density at radius 2 is 1.49 bits per heavy atom. The third-order valence-electron chi connectivity index (χ3n) is 5.99. The Balaban J connectivity index is 1.63. The Morgan fingerprint density at radius 1 is 0.846 bits per heavy atom. The summed E-state index contributed by atoms with van der Waals surface area (Å²) in [4.78, 5) is 57.2. The van der Waals surface area contributed by atoms with Crippen LogP contribution in [0.3, 0.4) is 0 Å². The van der Waals surface area contributed by atoms with Crippen molar-refractivity contribution < 1.29 is 29.4 Å². The number of carboxylic acid groups (broad SMARTS) is 1. The lowest BCUT2D eigenvalue weighted by Gasteiger charge is -2.23. The molecule has 0 saturated carbocycles. The molecule has 0 fully saturated rings. The third-order valence-corrected chi connectivity index (χ3v) is 5.99. The second-order valence-electron chi connectivity index (χ2n) is 9.14.